The summed E-state index contributed by atoms with van der Waals surface area (Å²) in [5, 5.41) is 3.32. The van der Waals surface area contributed by atoms with Crippen molar-refractivity contribution in [2.75, 3.05) is 5.32 Å². The summed E-state index contributed by atoms with van der Waals surface area (Å²) >= 11 is 0. The maximum absolute atomic E-state index is 12.1. The Morgan fingerprint density at radius 1 is 1.15 bits per heavy atom. The molecule has 0 radical (unpaired) electrons. The first-order valence-corrected chi connectivity index (χ1v) is 6.79. The van der Waals surface area contributed by atoms with E-state index in [2.05, 4.69) is 5.32 Å². The number of aryl methyl sites for hydroxylation is 1. The molecule has 20 heavy (non-hydrogen) atoms. The molecule has 2 aromatic rings. The van der Waals surface area contributed by atoms with Gasteiger partial charge in [-0.25, -0.2) is 0 Å². The summed E-state index contributed by atoms with van der Waals surface area (Å²) in [6.45, 7) is 3.98. The fourth-order valence-electron chi connectivity index (χ4n) is 2.43. The number of carbonyl (C=O) groups is 1. The lowest BCUT2D eigenvalue weighted by Crippen LogP contribution is -2.47. The normalized spacial score (nSPS) is 13.5. The second-order valence-electron chi connectivity index (χ2n) is 4.98. The van der Waals surface area contributed by atoms with Gasteiger partial charge < -0.3 is 11.1 Å². The third-order valence-electron chi connectivity index (χ3n) is 3.59. The zero-order valence-corrected chi connectivity index (χ0v) is 11.9. The summed E-state index contributed by atoms with van der Waals surface area (Å²) in [5.41, 5.74) is 7.74. The van der Waals surface area contributed by atoms with Crippen LogP contribution in [0.1, 0.15) is 24.5 Å². The van der Waals surface area contributed by atoms with Crippen LogP contribution in [0, 0.1) is 6.92 Å². The third-order valence-corrected chi connectivity index (χ3v) is 3.59. The molecule has 104 valence electrons. The van der Waals surface area contributed by atoms with E-state index in [0.29, 0.717) is 6.42 Å². The van der Waals surface area contributed by atoms with Gasteiger partial charge in [-0.15, -0.1) is 0 Å². The number of anilines is 1. The van der Waals surface area contributed by atoms with Crippen LogP contribution in [0.3, 0.4) is 0 Å². The number of rotatable bonds is 5. The standard InChI is InChI=1S/C17H20N2O/c1-3-17(16(18)20,14-9-5-4-6-10-14)19-15-11-7-8-13(2)12-15/h4-12,19H,3H2,1-2H3,(H2,18,20). The maximum Gasteiger partial charge on any atom is 0.247 e. The SMILES string of the molecule is CCC(Nc1cccc(C)c1)(C(N)=O)c1ccccc1. The molecular formula is C17H20N2O. The van der Waals surface area contributed by atoms with E-state index in [-0.39, 0.29) is 5.91 Å². The Hall–Kier alpha value is -2.29. The van der Waals surface area contributed by atoms with Gasteiger partial charge in [0.05, 0.1) is 0 Å². The number of nitrogens with two attached hydrogens (primary N) is 1. The van der Waals surface area contributed by atoms with E-state index in [4.69, 9.17) is 5.73 Å². The minimum absolute atomic E-state index is 0.368. The molecule has 0 fully saturated rings. The van der Waals surface area contributed by atoms with Crippen molar-refractivity contribution < 1.29 is 4.79 Å². The van der Waals surface area contributed by atoms with Gasteiger partial charge in [-0.1, -0.05) is 49.4 Å². The third kappa shape index (κ3) is 2.67. The van der Waals surface area contributed by atoms with Crippen LogP contribution in [0.4, 0.5) is 5.69 Å². The largest absolute Gasteiger partial charge is 0.368 e. The van der Waals surface area contributed by atoms with Crippen molar-refractivity contribution >= 4 is 11.6 Å². The van der Waals surface area contributed by atoms with Crippen molar-refractivity contribution in [3.05, 3.63) is 65.7 Å². The smallest absolute Gasteiger partial charge is 0.247 e. The molecular weight excluding hydrogens is 248 g/mol. The number of hydrogen-bond acceptors (Lipinski definition) is 2. The van der Waals surface area contributed by atoms with Crippen molar-refractivity contribution in [3.8, 4) is 0 Å². The average molecular weight is 268 g/mol. The molecule has 0 spiro atoms. The molecule has 0 bridgehead atoms. The molecule has 0 aliphatic rings. The molecule has 2 rings (SSSR count). The highest BCUT2D eigenvalue weighted by Crippen LogP contribution is 2.29. The van der Waals surface area contributed by atoms with Crippen molar-refractivity contribution in [2.45, 2.75) is 25.8 Å². The summed E-state index contributed by atoms with van der Waals surface area (Å²) < 4.78 is 0. The zero-order valence-electron chi connectivity index (χ0n) is 11.9. The fraction of sp³-hybridized carbons (Fsp3) is 0.235. The fourth-order valence-corrected chi connectivity index (χ4v) is 2.43. The highest BCUT2D eigenvalue weighted by atomic mass is 16.1. The molecule has 1 atom stereocenters. The second kappa shape index (κ2) is 5.78. The predicted molar refractivity (Wildman–Crippen MR) is 82.4 cm³/mol. The number of carbonyl (C=O) groups excluding carboxylic acids is 1. The topological polar surface area (TPSA) is 55.1 Å². The Bertz CT molecular complexity index is 595. The Kier molecular flexibility index (Phi) is 4.08. The van der Waals surface area contributed by atoms with Crippen LogP contribution in [0.5, 0.6) is 0 Å². The van der Waals surface area contributed by atoms with E-state index in [0.717, 1.165) is 16.8 Å². The highest BCUT2D eigenvalue weighted by molar-refractivity contribution is 5.89. The van der Waals surface area contributed by atoms with E-state index < -0.39 is 5.54 Å². The van der Waals surface area contributed by atoms with Gasteiger partial charge in [-0.3, -0.25) is 4.79 Å². The maximum atomic E-state index is 12.1. The summed E-state index contributed by atoms with van der Waals surface area (Å²) in [5.74, 6) is -0.368. The van der Waals surface area contributed by atoms with E-state index in [1.807, 2.05) is 68.4 Å². The van der Waals surface area contributed by atoms with Gasteiger partial charge in [-0.2, -0.15) is 0 Å². The van der Waals surface area contributed by atoms with E-state index in [9.17, 15) is 4.79 Å². The molecule has 0 aromatic heterocycles. The minimum atomic E-state index is -0.880. The van der Waals surface area contributed by atoms with Crippen molar-refractivity contribution in [1.29, 1.82) is 0 Å². The first-order chi connectivity index (χ1) is 9.58. The molecule has 0 heterocycles. The van der Waals surface area contributed by atoms with Crippen LogP contribution >= 0.6 is 0 Å². The molecule has 1 amide bonds. The molecule has 2 aromatic carbocycles. The van der Waals surface area contributed by atoms with E-state index in [1.165, 1.54) is 0 Å². The molecule has 0 aliphatic carbocycles. The average Bonchev–Trinajstić information content (AvgIpc) is 2.45. The van der Waals surface area contributed by atoms with Crippen molar-refractivity contribution in [2.24, 2.45) is 5.73 Å². The first-order valence-electron chi connectivity index (χ1n) is 6.79. The van der Waals surface area contributed by atoms with Crippen LogP contribution in [0.15, 0.2) is 54.6 Å². The molecule has 3 nitrogen and oxygen atoms in total. The van der Waals surface area contributed by atoms with Crippen LogP contribution in [-0.4, -0.2) is 5.91 Å². The van der Waals surface area contributed by atoms with Crippen molar-refractivity contribution in [1.82, 2.24) is 0 Å². The van der Waals surface area contributed by atoms with Gasteiger partial charge in [0.2, 0.25) is 5.91 Å². The second-order valence-corrected chi connectivity index (χ2v) is 4.98. The molecule has 0 aliphatic heterocycles. The number of primary amides is 1. The van der Waals surface area contributed by atoms with Crippen LogP contribution in [0.2, 0.25) is 0 Å². The quantitative estimate of drug-likeness (QED) is 0.875. The summed E-state index contributed by atoms with van der Waals surface area (Å²) in [4.78, 5) is 12.1. The van der Waals surface area contributed by atoms with Gasteiger partial charge in [-0.05, 0) is 36.6 Å². The van der Waals surface area contributed by atoms with Crippen LogP contribution in [0.25, 0.3) is 0 Å². The number of benzene rings is 2. The van der Waals surface area contributed by atoms with E-state index in [1.54, 1.807) is 0 Å². The summed E-state index contributed by atoms with van der Waals surface area (Å²) in [6, 6.07) is 17.6. The molecule has 1 unspecified atom stereocenters. The lowest BCUT2D eigenvalue weighted by atomic mass is 9.86. The summed E-state index contributed by atoms with van der Waals surface area (Å²) in [6.07, 6.45) is 0.584. The lowest BCUT2D eigenvalue weighted by molar-refractivity contribution is -0.122. The lowest BCUT2D eigenvalue weighted by Gasteiger charge is -2.32. The zero-order chi connectivity index (χ0) is 14.6. The number of amides is 1. The molecule has 3 heteroatoms. The molecule has 3 N–H and O–H groups in total. The molecule has 0 saturated heterocycles. The van der Waals surface area contributed by atoms with Crippen LogP contribution in [-0.2, 0) is 10.3 Å². The van der Waals surface area contributed by atoms with Gasteiger partial charge >= 0.3 is 0 Å². The van der Waals surface area contributed by atoms with Crippen LogP contribution < -0.4 is 11.1 Å². The Morgan fingerprint density at radius 3 is 2.40 bits per heavy atom. The van der Waals surface area contributed by atoms with E-state index >= 15 is 0 Å². The van der Waals surface area contributed by atoms with Gasteiger partial charge in [0.1, 0.15) is 5.54 Å². The predicted octanol–water partition coefficient (Wildman–Crippen LogP) is 3.20. The number of hydrogen-bond donors (Lipinski definition) is 2. The summed E-state index contributed by atoms with van der Waals surface area (Å²) in [7, 11) is 0. The Morgan fingerprint density at radius 2 is 1.85 bits per heavy atom. The molecule has 0 saturated carbocycles. The minimum Gasteiger partial charge on any atom is -0.368 e. The highest BCUT2D eigenvalue weighted by Gasteiger charge is 2.36. The monoisotopic (exact) mass is 268 g/mol. The Balaban J connectivity index is 2.45. The van der Waals surface area contributed by atoms with Gasteiger partial charge in [0, 0.05) is 5.69 Å². The number of nitrogens with one attached hydrogen (secondary N) is 1. The Labute approximate surface area is 119 Å². The van der Waals surface area contributed by atoms with Gasteiger partial charge in [0.25, 0.3) is 0 Å². The first kappa shape index (κ1) is 14.1. The van der Waals surface area contributed by atoms with Gasteiger partial charge in [0.15, 0.2) is 0 Å². The van der Waals surface area contributed by atoms with Crippen molar-refractivity contribution in [3.63, 3.8) is 0 Å².